The largest absolute Gasteiger partial charge is 0.486 e. The van der Waals surface area contributed by atoms with Gasteiger partial charge < -0.3 is 14.8 Å². The average Bonchev–Trinajstić information content (AvgIpc) is 3.14. The topological polar surface area (TPSA) is 65.4 Å². The summed E-state index contributed by atoms with van der Waals surface area (Å²) in [5, 5.41) is 6.90. The summed E-state index contributed by atoms with van der Waals surface area (Å²) in [4.78, 5) is 12.2. The number of ether oxygens (including phenoxy) is 2. The molecule has 0 radical (unpaired) electrons. The maximum Gasteiger partial charge on any atom is 0.416 e. The number of carbonyl (C=O) groups excluding carboxylic acids is 1. The molecule has 4 rings (SSSR count). The molecule has 2 heterocycles. The normalized spacial score (nSPS) is 15.6. The Morgan fingerprint density at radius 2 is 1.87 bits per heavy atom. The van der Waals surface area contributed by atoms with Gasteiger partial charge in [-0.2, -0.15) is 18.3 Å². The highest BCUT2D eigenvalue weighted by Gasteiger charge is 2.30. The highest BCUT2D eigenvalue weighted by molar-refractivity contribution is 5.91. The van der Waals surface area contributed by atoms with Crippen LogP contribution >= 0.6 is 0 Å². The van der Waals surface area contributed by atoms with E-state index in [4.69, 9.17) is 9.47 Å². The summed E-state index contributed by atoms with van der Waals surface area (Å²) in [5.41, 5.74) is 0.229. The Morgan fingerprint density at radius 3 is 2.60 bits per heavy atom. The lowest BCUT2D eigenvalue weighted by Crippen LogP contribution is -2.33. The van der Waals surface area contributed by atoms with Crippen LogP contribution in [0.1, 0.15) is 11.1 Å². The number of fused-ring (bicyclic) bond motifs is 1. The number of nitrogens with one attached hydrogen (secondary N) is 1. The van der Waals surface area contributed by atoms with E-state index < -0.39 is 11.7 Å². The number of hydrogen-bond acceptors (Lipinski definition) is 4. The lowest BCUT2D eigenvalue weighted by molar-refractivity contribution is -0.137. The molecule has 0 fully saturated rings. The quantitative estimate of drug-likeness (QED) is 0.684. The van der Waals surface area contributed by atoms with E-state index >= 15 is 0 Å². The number of halogens is 3. The van der Waals surface area contributed by atoms with Crippen molar-refractivity contribution in [1.82, 2.24) is 9.78 Å². The van der Waals surface area contributed by atoms with Crippen molar-refractivity contribution < 1.29 is 27.4 Å². The van der Waals surface area contributed by atoms with Crippen molar-refractivity contribution in [2.45, 2.75) is 25.2 Å². The Labute approximate surface area is 170 Å². The van der Waals surface area contributed by atoms with Gasteiger partial charge in [-0.1, -0.05) is 24.3 Å². The molecular weight excluding hydrogens is 399 g/mol. The zero-order valence-electron chi connectivity index (χ0n) is 15.7. The molecule has 156 valence electrons. The fourth-order valence-electron chi connectivity index (χ4n) is 3.09. The molecule has 1 atom stereocenters. The third kappa shape index (κ3) is 4.73. The van der Waals surface area contributed by atoms with Gasteiger partial charge in [0.1, 0.15) is 6.61 Å². The number of benzene rings is 2. The molecule has 0 bridgehead atoms. The number of anilines is 1. The van der Waals surface area contributed by atoms with Gasteiger partial charge in [-0.05, 0) is 29.8 Å². The molecule has 1 unspecified atom stereocenters. The molecule has 1 N–H and O–H groups in total. The second-order valence-corrected chi connectivity index (χ2v) is 6.87. The minimum Gasteiger partial charge on any atom is -0.486 e. The summed E-state index contributed by atoms with van der Waals surface area (Å²) in [6, 6.07) is 11.9. The van der Waals surface area contributed by atoms with Crippen molar-refractivity contribution in [2.24, 2.45) is 0 Å². The first-order valence-corrected chi connectivity index (χ1v) is 9.24. The van der Waals surface area contributed by atoms with E-state index in [2.05, 4.69) is 10.4 Å². The van der Waals surface area contributed by atoms with Crippen molar-refractivity contribution in [3.63, 3.8) is 0 Å². The van der Waals surface area contributed by atoms with Crippen LogP contribution in [-0.4, -0.2) is 28.4 Å². The van der Waals surface area contributed by atoms with E-state index in [1.54, 1.807) is 10.9 Å². The first kappa shape index (κ1) is 19.8. The Hall–Kier alpha value is -3.49. The number of amides is 1. The van der Waals surface area contributed by atoms with Crippen LogP contribution in [0.15, 0.2) is 60.9 Å². The monoisotopic (exact) mass is 417 g/mol. The molecule has 1 aliphatic heterocycles. The summed E-state index contributed by atoms with van der Waals surface area (Å²) in [7, 11) is 0. The molecular formula is C21H18F3N3O3. The molecule has 30 heavy (non-hydrogen) atoms. The van der Waals surface area contributed by atoms with Crippen LogP contribution in [0.4, 0.5) is 18.9 Å². The molecule has 9 heteroatoms. The number of para-hydroxylation sites is 2. The van der Waals surface area contributed by atoms with Gasteiger partial charge in [-0.3, -0.25) is 9.48 Å². The van der Waals surface area contributed by atoms with Gasteiger partial charge >= 0.3 is 6.18 Å². The van der Waals surface area contributed by atoms with Crippen molar-refractivity contribution >= 4 is 11.6 Å². The van der Waals surface area contributed by atoms with Crippen LogP contribution in [-0.2, 0) is 23.9 Å². The highest BCUT2D eigenvalue weighted by Crippen LogP contribution is 2.31. The molecule has 6 nitrogen and oxygen atoms in total. The number of rotatable bonds is 5. The predicted molar refractivity (Wildman–Crippen MR) is 102 cm³/mol. The summed E-state index contributed by atoms with van der Waals surface area (Å²) in [6.45, 7) is 0.815. The summed E-state index contributed by atoms with van der Waals surface area (Å²) >= 11 is 0. The summed E-state index contributed by atoms with van der Waals surface area (Å²) < 4.78 is 51.0. The molecule has 3 aromatic rings. The maximum atomic E-state index is 12.6. The van der Waals surface area contributed by atoms with Crippen LogP contribution in [0.2, 0.25) is 0 Å². The second kappa shape index (κ2) is 8.10. The summed E-state index contributed by atoms with van der Waals surface area (Å²) in [6.07, 6.45) is -1.50. The van der Waals surface area contributed by atoms with E-state index in [1.165, 1.54) is 18.3 Å². The van der Waals surface area contributed by atoms with E-state index in [1.807, 2.05) is 24.3 Å². The van der Waals surface area contributed by atoms with Crippen molar-refractivity contribution in [2.75, 3.05) is 11.9 Å². The molecule has 0 spiro atoms. The molecule has 1 aliphatic rings. The molecule has 2 aromatic carbocycles. The minimum atomic E-state index is -4.40. The average molecular weight is 417 g/mol. The number of alkyl halides is 3. The van der Waals surface area contributed by atoms with Crippen molar-refractivity contribution in [3.8, 4) is 11.5 Å². The predicted octanol–water partition coefficient (Wildman–Crippen LogP) is 3.92. The van der Waals surface area contributed by atoms with E-state index in [0.717, 1.165) is 12.1 Å². The van der Waals surface area contributed by atoms with Gasteiger partial charge in [0, 0.05) is 6.20 Å². The minimum absolute atomic E-state index is 0.0420. The molecule has 0 aliphatic carbocycles. The molecule has 1 aromatic heterocycles. The third-order valence-electron chi connectivity index (χ3n) is 4.52. The van der Waals surface area contributed by atoms with Crippen LogP contribution < -0.4 is 14.8 Å². The lowest BCUT2D eigenvalue weighted by atomic mass is 10.1. The van der Waals surface area contributed by atoms with Crippen LogP contribution in [0.3, 0.4) is 0 Å². The smallest absolute Gasteiger partial charge is 0.416 e. The van der Waals surface area contributed by atoms with Crippen molar-refractivity contribution in [1.29, 1.82) is 0 Å². The fraction of sp³-hybridized carbons (Fsp3) is 0.238. The Kier molecular flexibility index (Phi) is 5.35. The summed E-state index contributed by atoms with van der Waals surface area (Å²) in [5.74, 6) is 1.02. The first-order valence-electron chi connectivity index (χ1n) is 9.24. The Balaban J connectivity index is 1.31. The molecule has 0 saturated heterocycles. The fourth-order valence-corrected chi connectivity index (χ4v) is 3.09. The number of hydrogen-bond donors (Lipinski definition) is 1. The highest BCUT2D eigenvalue weighted by atomic mass is 19.4. The number of nitrogens with zero attached hydrogens (tertiary/aromatic N) is 2. The molecule has 0 saturated carbocycles. The van der Waals surface area contributed by atoms with E-state index in [9.17, 15) is 18.0 Å². The van der Waals surface area contributed by atoms with Gasteiger partial charge in [-0.15, -0.1) is 0 Å². The van der Waals surface area contributed by atoms with Crippen LogP contribution in [0.25, 0.3) is 0 Å². The van der Waals surface area contributed by atoms with Gasteiger partial charge in [0.15, 0.2) is 17.6 Å². The Bertz CT molecular complexity index is 1030. The first-order chi connectivity index (χ1) is 14.4. The SMILES string of the molecule is O=C(Cc1ccc(C(F)(F)F)cc1)Nc1cnn(CC2COc3ccccc3O2)c1. The van der Waals surface area contributed by atoms with Crippen LogP contribution in [0, 0.1) is 0 Å². The van der Waals surface area contributed by atoms with E-state index in [0.29, 0.717) is 35.9 Å². The van der Waals surface area contributed by atoms with Gasteiger partial charge in [0.05, 0.1) is 30.4 Å². The van der Waals surface area contributed by atoms with Gasteiger partial charge in [0.25, 0.3) is 0 Å². The van der Waals surface area contributed by atoms with Crippen LogP contribution in [0.5, 0.6) is 11.5 Å². The van der Waals surface area contributed by atoms with E-state index in [-0.39, 0.29) is 18.4 Å². The number of aromatic nitrogens is 2. The van der Waals surface area contributed by atoms with Crippen molar-refractivity contribution in [3.05, 3.63) is 72.1 Å². The maximum absolute atomic E-state index is 12.6. The standard InChI is InChI=1S/C21H18F3N3O3/c22-21(23,24)15-7-5-14(6-8-15)9-20(28)26-16-10-25-27(11-16)12-17-13-29-18-3-1-2-4-19(18)30-17/h1-8,10-11,17H,9,12-13H2,(H,26,28). The van der Waals surface area contributed by atoms with Gasteiger partial charge in [-0.25, -0.2) is 0 Å². The lowest BCUT2D eigenvalue weighted by Gasteiger charge is -2.26. The second-order valence-electron chi connectivity index (χ2n) is 6.87. The third-order valence-corrected chi connectivity index (χ3v) is 4.52. The number of carbonyl (C=O) groups is 1. The Morgan fingerprint density at radius 1 is 1.13 bits per heavy atom. The zero-order chi connectivity index (χ0) is 21.1. The molecule has 1 amide bonds. The van der Waals surface area contributed by atoms with Gasteiger partial charge in [0.2, 0.25) is 5.91 Å². The zero-order valence-corrected chi connectivity index (χ0v) is 15.7.